The molecule has 0 heterocycles. The quantitative estimate of drug-likeness (QED) is 0.638. The van der Waals surface area contributed by atoms with Crippen LogP contribution in [0.5, 0.6) is 0 Å². The van der Waals surface area contributed by atoms with Crippen molar-refractivity contribution in [2.75, 3.05) is 6.61 Å². The van der Waals surface area contributed by atoms with Crippen LogP contribution in [0.3, 0.4) is 0 Å². The maximum atomic E-state index is 5.58. The number of hydrogen-bond donors (Lipinski definition) is 1. The second-order valence-corrected chi connectivity index (χ2v) is 2.23. The molecule has 0 aromatic carbocycles. The second-order valence-electron chi connectivity index (χ2n) is 2.23. The van der Waals surface area contributed by atoms with E-state index >= 15 is 0 Å². The number of rotatable bonds is 2. The monoisotopic (exact) mass is 151 g/mol. The normalized spacial score (nSPS) is 32.7. The predicted octanol–water partition coefficient (Wildman–Crippen LogP) is 0.934. The van der Waals surface area contributed by atoms with E-state index in [9.17, 15) is 0 Å². The van der Waals surface area contributed by atoms with E-state index in [0.29, 0.717) is 12.1 Å². The number of nitrogens with two attached hydrogens (primary N) is 1. The molecule has 1 aliphatic carbocycles. The summed E-state index contributed by atoms with van der Waals surface area (Å²) in [6.07, 6.45) is 2.68. The lowest BCUT2D eigenvalue weighted by atomic mass is 9.90. The van der Waals surface area contributed by atoms with Gasteiger partial charge in [0.1, 0.15) is 0 Å². The van der Waals surface area contributed by atoms with E-state index in [1.165, 1.54) is 0 Å². The van der Waals surface area contributed by atoms with Gasteiger partial charge < -0.3 is 10.5 Å². The molecule has 0 amide bonds. The number of halogens is 1. The van der Waals surface area contributed by atoms with Crippen LogP contribution >= 0.6 is 12.4 Å². The van der Waals surface area contributed by atoms with E-state index in [4.69, 9.17) is 10.5 Å². The number of ether oxygens (including phenoxy) is 1. The summed E-state index contributed by atoms with van der Waals surface area (Å²) in [5.74, 6) is 0. The smallest absolute Gasteiger partial charge is 0.0726 e. The minimum Gasteiger partial charge on any atom is -0.377 e. The molecule has 0 saturated heterocycles. The van der Waals surface area contributed by atoms with Crippen molar-refractivity contribution in [3.05, 3.63) is 0 Å². The van der Waals surface area contributed by atoms with Crippen molar-refractivity contribution in [2.24, 2.45) is 5.73 Å². The van der Waals surface area contributed by atoms with Crippen molar-refractivity contribution in [1.82, 2.24) is 0 Å². The fourth-order valence-corrected chi connectivity index (χ4v) is 0.916. The van der Waals surface area contributed by atoms with Gasteiger partial charge in [-0.1, -0.05) is 0 Å². The Balaban J connectivity index is 0.000000640. The highest BCUT2D eigenvalue weighted by atomic mass is 35.5. The van der Waals surface area contributed by atoms with Crippen LogP contribution < -0.4 is 5.73 Å². The van der Waals surface area contributed by atoms with Crippen molar-refractivity contribution in [2.45, 2.75) is 31.9 Å². The molecule has 1 rings (SSSR count). The van der Waals surface area contributed by atoms with E-state index in [-0.39, 0.29) is 12.4 Å². The lowest BCUT2D eigenvalue weighted by molar-refractivity contribution is -0.00726. The van der Waals surface area contributed by atoms with Gasteiger partial charge in [-0.3, -0.25) is 0 Å². The second kappa shape index (κ2) is 4.09. The third kappa shape index (κ3) is 2.12. The van der Waals surface area contributed by atoms with Crippen LogP contribution in [0.1, 0.15) is 19.8 Å². The Morgan fingerprint density at radius 1 is 1.56 bits per heavy atom. The molecule has 56 valence electrons. The van der Waals surface area contributed by atoms with Gasteiger partial charge in [0.15, 0.2) is 0 Å². The molecule has 0 bridgehead atoms. The van der Waals surface area contributed by atoms with Gasteiger partial charge in [-0.05, 0) is 19.8 Å². The summed E-state index contributed by atoms with van der Waals surface area (Å²) in [5.41, 5.74) is 5.58. The topological polar surface area (TPSA) is 35.2 Å². The molecule has 1 fully saturated rings. The average molecular weight is 152 g/mol. The SMILES string of the molecule is CCO[C@@H]1CC[C@H]1N.Cl. The van der Waals surface area contributed by atoms with Gasteiger partial charge in [-0.2, -0.15) is 0 Å². The fraction of sp³-hybridized carbons (Fsp3) is 1.00. The van der Waals surface area contributed by atoms with Crippen molar-refractivity contribution in [3.8, 4) is 0 Å². The van der Waals surface area contributed by atoms with Crippen molar-refractivity contribution < 1.29 is 4.74 Å². The summed E-state index contributed by atoms with van der Waals surface area (Å²) < 4.78 is 5.27. The summed E-state index contributed by atoms with van der Waals surface area (Å²) in [5, 5.41) is 0. The Hall–Kier alpha value is 0.210. The van der Waals surface area contributed by atoms with Crippen LogP contribution in [0.25, 0.3) is 0 Å². The van der Waals surface area contributed by atoms with E-state index in [1.54, 1.807) is 0 Å². The summed E-state index contributed by atoms with van der Waals surface area (Å²) in [4.78, 5) is 0. The minimum absolute atomic E-state index is 0. The highest BCUT2D eigenvalue weighted by Gasteiger charge is 2.27. The Kier molecular flexibility index (Phi) is 4.19. The highest BCUT2D eigenvalue weighted by Crippen LogP contribution is 2.20. The molecule has 3 heteroatoms. The van der Waals surface area contributed by atoms with Crippen LogP contribution in [0.2, 0.25) is 0 Å². The van der Waals surface area contributed by atoms with Crippen molar-refractivity contribution in [3.63, 3.8) is 0 Å². The van der Waals surface area contributed by atoms with E-state index < -0.39 is 0 Å². The molecule has 1 aliphatic rings. The van der Waals surface area contributed by atoms with Crippen LogP contribution in [-0.4, -0.2) is 18.8 Å². The first-order valence-corrected chi connectivity index (χ1v) is 3.21. The summed E-state index contributed by atoms with van der Waals surface area (Å²) in [6, 6.07) is 0.329. The van der Waals surface area contributed by atoms with Gasteiger partial charge >= 0.3 is 0 Å². The zero-order valence-electron chi connectivity index (χ0n) is 5.67. The third-order valence-electron chi connectivity index (χ3n) is 1.64. The Morgan fingerprint density at radius 2 is 2.22 bits per heavy atom. The van der Waals surface area contributed by atoms with Crippen molar-refractivity contribution in [1.29, 1.82) is 0 Å². The minimum atomic E-state index is 0. The first kappa shape index (κ1) is 9.21. The summed E-state index contributed by atoms with van der Waals surface area (Å²) >= 11 is 0. The fourth-order valence-electron chi connectivity index (χ4n) is 0.916. The zero-order chi connectivity index (χ0) is 5.98. The molecule has 0 radical (unpaired) electrons. The van der Waals surface area contributed by atoms with Crippen LogP contribution in [0, 0.1) is 0 Å². The average Bonchev–Trinajstić information content (AvgIpc) is 1.79. The van der Waals surface area contributed by atoms with Crippen LogP contribution in [-0.2, 0) is 4.74 Å². The van der Waals surface area contributed by atoms with E-state index in [2.05, 4.69) is 0 Å². The zero-order valence-corrected chi connectivity index (χ0v) is 6.49. The van der Waals surface area contributed by atoms with Gasteiger partial charge in [-0.25, -0.2) is 0 Å². The molecule has 0 aromatic rings. The Morgan fingerprint density at radius 3 is 2.33 bits per heavy atom. The lowest BCUT2D eigenvalue weighted by Gasteiger charge is -2.32. The van der Waals surface area contributed by atoms with E-state index in [0.717, 1.165) is 19.4 Å². The molecule has 0 unspecified atom stereocenters. The largest absolute Gasteiger partial charge is 0.377 e. The van der Waals surface area contributed by atoms with Crippen LogP contribution in [0.4, 0.5) is 0 Å². The molecule has 9 heavy (non-hydrogen) atoms. The van der Waals surface area contributed by atoms with E-state index in [1.807, 2.05) is 6.92 Å². The summed E-state index contributed by atoms with van der Waals surface area (Å²) in [6.45, 7) is 2.81. The first-order chi connectivity index (χ1) is 3.84. The van der Waals surface area contributed by atoms with Crippen LogP contribution in [0.15, 0.2) is 0 Å². The first-order valence-electron chi connectivity index (χ1n) is 3.21. The molecule has 0 aliphatic heterocycles. The van der Waals surface area contributed by atoms with Gasteiger partial charge in [-0.15, -0.1) is 12.4 Å². The van der Waals surface area contributed by atoms with Crippen molar-refractivity contribution >= 4 is 12.4 Å². The molecule has 1 saturated carbocycles. The number of hydrogen-bond acceptors (Lipinski definition) is 2. The maximum absolute atomic E-state index is 5.58. The van der Waals surface area contributed by atoms with Gasteiger partial charge in [0.25, 0.3) is 0 Å². The van der Waals surface area contributed by atoms with Gasteiger partial charge in [0.2, 0.25) is 0 Å². The predicted molar refractivity (Wildman–Crippen MR) is 39.9 cm³/mol. The Bertz CT molecular complexity index is 79.5. The third-order valence-corrected chi connectivity index (χ3v) is 1.64. The maximum Gasteiger partial charge on any atom is 0.0726 e. The van der Waals surface area contributed by atoms with Gasteiger partial charge in [0, 0.05) is 12.6 Å². The molecule has 2 N–H and O–H groups in total. The molecule has 0 aromatic heterocycles. The molecule has 2 nitrogen and oxygen atoms in total. The highest BCUT2D eigenvalue weighted by molar-refractivity contribution is 5.85. The Labute approximate surface area is 62.2 Å². The molecule has 2 atom stereocenters. The standard InChI is InChI=1S/C6H13NO.ClH/c1-2-8-6-4-3-5(6)7;/h5-6H,2-4,7H2,1H3;1H/t5-,6-;/m1./s1. The summed E-state index contributed by atoms with van der Waals surface area (Å²) in [7, 11) is 0. The van der Waals surface area contributed by atoms with Gasteiger partial charge in [0.05, 0.1) is 6.10 Å². The lowest BCUT2D eigenvalue weighted by Crippen LogP contribution is -2.45. The molecular weight excluding hydrogens is 138 g/mol. The molecule has 0 spiro atoms. The molecular formula is C6H14ClNO.